The van der Waals surface area contributed by atoms with Gasteiger partial charge < -0.3 is 9.84 Å². The van der Waals surface area contributed by atoms with E-state index in [0.29, 0.717) is 16.7 Å². The third-order valence-electron chi connectivity index (χ3n) is 3.00. The van der Waals surface area contributed by atoms with Crippen molar-refractivity contribution in [3.8, 4) is 10.9 Å². The highest BCUT2D eigenvalue weighted by Gasteiger charge is 2.29. The number of nitrogens with zero attached hydrogens (tertiary/aromatic N) is 2. The van der Waals surface area contributed by atoms with Crippen molar-refractivity contribution in [2.75, 3.05) is 12.4 Å². The molecule has 0 aliphatic rings. The quantitative estimate of drug-likeness (QED) is 0.886. The van der Waals surface area contributed by atoms with Crippen molar-refractivity contribution in [1.82, 2.24) is 10.2 Å². The van der Waals surface area contributed by atoms with Crippen LogP contribution in [0.4, 0.5) is 5.13 Å². The van der Waals surface area contributed by atoms with Gasteiger partial charge in [0, 0.05) is 5.41 Å². The molecule has 0 saturated carbocycles. The van der Waals surface area contributed by atoms with E-state index in [1.807, 2.05) is 13.8 Å². The van der Waals surface area contributed by atoms with E-state index in [9.17, 15) is 9.90 Å². The molecule has 0 radical (unpaired) electrons. The molecule has 1 aromatic carbocycles. The topological polar surface area (TPSA) is 84.3 Å². The highest BCUT2D eigenvalue weighted by atomic mass is 32.1. The molecule has 0 atom stereocenters. The lowest BCUT2D eigenvalue weighted by Gasteiger charge is -2.22. The highest BCUT2D eigenvalue weighted by Crippen LogP contribution is 2.27. The van der Waals surface area contributed by atoms with Crippen LogP contribution < -0.4 is 10.1 Å². The number of anilines is 1. The Bertz CT molecular complexity index is 623. The van der Waals surface area contributed by atoms with E-state index in [4.69, 9.17) is 4.74 Å². The molecule has 2 N–H and O–H groups in total. The van der Waals surface area contributed by atoms with Crippen molar-refractivity contribution in [1.29, 1.82) is 0 Å². The molecule has 0 saturated heterocycles. The first-order chi connectivity index (χ1) is 9.90. The molecule has 1 aromatic heterocycles. The Morgan fingerprint density at radius 3 is 2.57 bits per heavy atom. The van der Waals surface area contributed by atoms with E-state index >= 15 is 0 Å². The van der Waals surface area contributed by atoms with Crippen molar-refractivity contribution in [2.24, 2.45) is 5.41 Å². The van der Waals surface area contributed by atoms with Gasteiger partial charge in [0.2, 0.25) is 11.0 Å². The van der Waals surface area contributed by atoms with Gasteiger partial charge >= 0.3 is 0 Å². The molecular formula is C14H17N3O3S. The Labute approximate surface area is 126 Å². The standard InChI is InChI=1S/C14H17N3O3S/c1-14(2,8-9-4-6-10(18)7-5-9)11(19)15-12-16-17-13(20-3)21-12/h4-7,18H,8H2,1-3H3,(H,15,16,19). The van der Waals surface area contributed by atoms with Gasteiger partial charge in [-0.1, -0.05) is 31.1 Å². The number of methoxy groups -OCH3 is 1. The van der Waals surface area contributed by atoms with Gasteiger partial charge in [0.15, 0.2) is 0 Å². The molecule has 0 spiro atoms. The summed E-state index contributed by atoms with van der Waals surface area (Å²) in [7, 11) is 1.50. The lowest BCUT2D eigenvalue weighted by atomic mass is 9.85. The minimum absolute atomic E-state index is 0.144. The molecule has 112 valence electrons. The first-order valence-electron chi connectivity index (χ1n) is 6.37. The maximum atomic E-state index is 12.3. The number of phenolic OH excluding ortho intramolecular Hbond substituents is 1. The van der Waals surface area contributed by atoms with Crippen molar-refractivity contribution >= 4 is 22.4 Å². The number of aromatic hydroxyl groups is 1. The average Bonchev–Trinajstić information content (AvgIpc) is 2.89. The highest BCUT2D eigenvalue weighted by molar-refractivity contribution is 7.17. The number of hydrogen-bond acceptors (Lipinski definition) is 6. The molecule has 7 heteroatoms. The first kappa shape index (κ1) is 15.2. The Morgan fingerprint density at radius 1 is 1.33 bits per heavy atom. The number of amides is 1. The summed E-state index contributed by atoms with van der Waals surface area (Å²) in [5, 5.41) is 20.4. The van der Waals surface area contributed by atoms with Crippen molar-refractivity contribution in [2.45, 2.75) is 20.3 Å². The molecule has 0 aliphatic heterocycles. The monoisotopic (exact) mass is 307 g/mol. The Hall–Kier alpha value is -2.15. The number of hydrogen-bond donors (Lipinski definition) is 2. The van der Waals surface area contributed by atoms with Crippen LogP contribution in [0.25, 0.3) is 0 Å². The number of ether oxygens (including phenoxy) is 1. The van der Waals surface area contributed by atoms with E-state index < -0.39 is 5.41 Å². The van der Waals surface area contributed by atoms with Gasteiger partial charge in [-0.15, -0.1) is 5.10 Å². The fourth-order valence-electron chi connectivity index (χ4n) is 1.81. The zero-order valence-corrected chi connectivity index (χ0v) is 12.9. The molecule has 6 nitrogen and oxygen atoms in total. The van der Waals surface area contributed by atoms with Gasteiger partial charge in [-0.25, -0.2) is 0 Å². The summed E-state index contributed by atoms with van der Waals surface area (Å²) in [6.45, 7) is 3.71. The van der Waals surface area contributed by atoms with Crippen LogP contribution in [0.15, 0.2) is 24.3 Å². The Balaban J connectivity index is 2.03. The molecular weight excluding hydrogens is 290 g/mol. The third kappa shape index (κ3) is 3.91. The fraction of sp³-hybridized carbons (Fsp3) is 0.357. The number of nitrogens with one attached hydrogen (secondary N) is 1. The maximum Gasteiger partial charge on any atom is 0.295 e. The molecule has 21 heavy (non-hydrogen) atoms. The number of rotatable bonds is 5. The lowest BCUT2D eigenvalue weighted by molar-refractivity contribution is -0.123. The zero-order valence-electron chi connectivity index (χ0n) is 12.1. The second kappa shape index (κ2) is 6.09. The normalized spacial score (nSPS) is 11.2. The van der Waals surface area contributed by atoms with Crippen LogP contribution in [-0.2, 0) is 11.2 Å². The molecule has 0 bridgehead atoms. The summed E-state index contributed by atoms with van der Waals surface area (Å²) in [6, 6.07) is 6.83. The molecule has 2 aromatic rings. The van der Waals surface area contributed by atoms with Gasteiger partial charge in [-0.05, 0) is 35.5 Å². The third-order valence-corrected chi connectivity index (χ3v) is 3.80. The van der Waals surface area contributed by atoms with Crippen LogP contribution in [0, 0.1) is 5.41 Å². The summed E-state index contributed by atoms with van der Waals surface area (Å²) >= 11 is 1.18. The van der Waals surface area contributed by atoms with E-state index in [1.165, 1.54) is 18.4 Å². The molecule has 1 heterocycles. The van der Waals surface area contributed by atoms with Gasteiger partial charge in [0.05, 0.1) is 7.11 Å². The summed E-state index contributed by atoms with van der Waals surface area (Å²) in [5.74, 6) is 0.0661. The summed E-state index contributed by atoms with van der Waals surface area (Å²) < 4.78 is 4.94. The fourth-order valence-corrected chi connectivity index (χ4v) is 2.37. The predicted molar refractivity (Wildman–Crippen MR) is 80.7 cm³/mol. The van der Waals surface area contributed by atoms with Gasteiger partial charge in [-0.2, -0.15) is 0 Å². The van der Waals surface area contributed by atoms with Crippen LogP contribution in [0.2, 0.25) is 0 Å². The SMILES string of the molecule is COc1nnc(NC(=O)C(C)(C)Cc2ccc(O)cc2)s1. The predicted octanol–water partition coefficient (Wildman–Crippen LogP) is 2.46. The molecule has 1 amide bonds. The Kier molecular flexibility index (Phi) is 4.42. The smallest absolute Gasteiger partial charge is 0.295 e. The van der Waals surface area contributed by atoms with Crippen LogP contribution in [0.3, 0.4) is 0 Å². The largest absolute Gasteiger partial charge is 0.508 e. The van der Waals surface area contributed by atoms with Gasteiger partial charge in [0.25, 0.3) is 5.19 Å². The molecule has 0 fully saturated rings. The van der Waals surface area contributed by atoms with Crippen molar-refractivity contribution in [3.05, 3.63) is 29.8 Å². The molecule has 2 rings (SSSR count). The second-order valence-corrected chi connectivity index (χ2v) is 6.20. The lowest BCUT2D eigenvalue weighted by Crippen LogP contribution is -2.32. The van der Waals surface area contributed by atoms with Crippen molar-refractivity contribution in [3.63, 3.8) is 0 Å². The van der Waals surface area contributed by atoms with E-state index in [1.54, 1.807) is 24.3 Å². The molecule has 0 aliphatic carbocycles. The van der Waals surface area contributed by atoms with Gasteiger partial charge in [0.1, 0.15) is 5.75 Å². The second-order valence-electron chi connectivity index (χ2n) is 5.26. The van der Waals surface area contributed by atoms with E-state index in [-0.39, 0.29) is 11.7 Å². The number of aromatic nitrogens is 2. The first-order valence-corrected chi connectivity index (χ1v) is 7.19. The van der Waals surface area contributed by atoms with E-state index in [0.717, 1.165) is 5.56 Å². The van der Waals surface area contributed by atoms with Crippen LogP contribution in [0.5, 0.6) is 10.9 Å². The maximum absolute atomic E-state index is 12.3. The minimum Gasteiger partial charge on any atom is -0.508 e. The van der Waals surface area contributed by atoms with Crippen LogP contribution >= 0.6 is 11.3 Å². The summed E-state index contributed by atoms with van der Waals surface area (Å²) in [4.78, 5) is 12.3. The Morgan fingerprint density at radius 2 is 2.00 bits per heavy atom. The summed E-state index contributed by atoms with van der Waals surface area (Å²) in [5.41, 5.74) is 0.360. The number of phenols is 1. The van der Waals surface area contributed by atoms with E-state index in [2.05, 4.69) is 15.5 Å². The van der Waals surface area contributed by atoms with Crippen LogP contribution in [0.1, 0.15) is 19.4 Å². The number of carbonyl (C=O) groups excluding carboxylic acids is 1. The van der Waals surface area contributed by atoms with Crippen molar-refractivity contribution < 1.29 is 14.6 Å². The number of carbonyl (C=O) groups is 1. The molecule has 0 unspecified atom stereocenters. The minimum atomic E-state index is -0.615. The zero-order chi connectivity index (χ0) is 15.5. The number of benzene rings is 1. The average molecular weight is 307 g/mol. The van der Waals surface area contributed by atoms with Gasteiger partial charge in [-0.3, -0.25) is 10.1 Å². The summed E-state index contributed by atoms with van der Waals surface area (Å²) in [6.07, 6.45) is 0.551. The van der Waals surface area contributed by atoms with Crippen LogP contribution in [-0.4, -0.2) is 28.3 Å².